The van der Waals surface area contributed by atoms with Crippen molar-refractivity contribution in [2.75, 3.05) is 12.4 Å². The van der Waals surface area contributed by atoms with Crippen LogP contribution in [0.1, 0.15) is 42.6 Å². The Labute approximate surface area is 111 Å². The van der Waals surface area contributed by atoms with Crippen LogP contribution >= 0.6 is 23.1 Å². The summed E-state index contributed by atoms with van der Waals surface area (Å²) in [6, 6.07) is 0.137. The topological polar surface area (TPSA) is 46.1 Å². The maximum Gasteiger partial charge on any atom is 0.267 e. The van der Waals surface area contributed by atoms with Gasteiger partial charge in [-0.2, -0.15) is 0 Å². The number of hydrogen-bond donors (Lipinski definition) is 0. The van der Waals surface area contributed by atoms with Gasteiger partial charge in [-0.15, -0.1) is 16.7 Å². The van der Waals surface area contributed by atoms with Crippen LogP contribution in [0.3, 0.4) is 0 Å². The molecular formula is C11H18ClN3OS. The van der Waals surface area contributed by atoms with E-state index in [2.05, 4.69) is 16.5 Å². The maximum atomic E-state index is 12.3. The normalized spacial score (nSPS) is 10.9. The summed E-state index contributed by atoms with van der Waals surface area (Å²) in [5.74, 6) is 0.443. The first-order valence-corrected chi connectivity index (χ1v) is 7.10. The molecule has 0 aliphatic rings. The molecular weight excluding hydrogens is 258 g/mol. The summed E-state index contributed by atoms with van der Waals surface area (Å²) in [5.41, 5.74) is 0.808. The molecule has 0 saturated carbocycles. The fourth-order valence-electron chi connectivity index (χ4n) is 1.59. The van der Waals surface area contributed by atoms with Crippen molar-refractivity contribution in [3.63, 3.8) is 0 Å². The summed E-state index contributed by atoms with van der Waals surface area (Å²) in [4.78, 5) is 14.8. The molecule has 0 saturated heterocycles. The molecule has 0 atom stereocenters. The summed E-state index contributed by atoms with van der Waals surface area (Å²) in [6.07, 6.45) is 1.76. The smallest absolute Gasteiger partial charge is 0.267 e. The molecule has 1 aromatic heterocycles. The van der Waals surface area contributed by atoms with E-state index in [1.807, 2.05) is 13.8 Å². The number of amides is 1. The largest absolute Gasteiger partial charge is 0.334 e. The quantitative estimate of drug-likeness (QED) is 0.750. The SMILES string of the molecule is CCCc1nnsc1C(=O)N(CCCl)C(C)C. The number of aromatic nitrogens is 2. The van der Waals surface area contributed by atoms with Crippen LogP contribution in [0.5, 0.6) is 0 Å². The molecule has 0 fully saturated rings. The van der Waals surface area contributed by atoms with Gasteiger partial charge in [-0.25, -0.2) is 0 Å². The Morgan fingerprint density at radius 1 is 1.53 bits per heavy atom. The number of alkyl halides is 1. The lowest BCUT2D eigenvalue weighted by atomic mass is 10.2. The first-order valence-electron chi connectivity index (χ1n) is 5.80. The van der Waals surface area contributed by atoms with Gasteiger partial charge in [-0.3, -0.25) is 4.79 Å². The standard InChI is InChI=1S/C11H18ClN3OS/c1-4-5-9-10(17-14-13-9)11(16)15(7-6-12)8(2)3/h8H,4-7H2,1-3H3. The van der Waals surface area contributed by atoms with Crippen molar-refractivity contribution in [3.05, 3.63) is 10.6 Å². The lowest BCUT2D eigenvalue weighted by Gasteiger charge is -2.25. The van der Waals surface area contributed by atoms with E-state index in [1.54, 1.807) is 4.90 Å². The minimum Gasteiger partial charge on any atom is -0.334 e. The Hall–Kier alpha value is -0.680. The molecule has 1 amide bonds. The first-order chi connectivity index (χ1) is 8.11. The predicted molar refractivity (Wildman–Crippen MR) is 70.8 cm³/mol. The van der Waals surface area contributed by atoms with E-state index in [4.69, 9.17) is 11.6 Å². The summed E-state index contributed by atoms with van der Waals surface area (Å²) < 4.78 is 3.87. The van der Waals surface area contributed by atoms with Crippen LogP contribution < -0.4 is 0 Å². The highest BCUT2D eigenvalue weighted by molar-refractivity contribution is 7.08. The van der Waals surface area contributed by atoms with Gasteiger partial charge in [0.15, 0.2) is 0 Å². The lowest BCUT2D eigenvalue weighted by molar-refractivity contribution is 0.0722. The van der Waals surface area contributed by atoms with Gasteiger partial charge in [0.25, 0.3) is 5.91 Å². The Morgan fingerprint density at radius 3 is 2.76 bits per heavy atom. The van der Waals surface area contributed by atoms with Gasteiger partial charge < -0.3 is 4.90 Å². The minimum atomic E-state index is -0.000833. The van der Waals surface area contributed by atoms with Crippen LogP contribution in [0.15, 0.2) is 0 Å². The average molecular weight is 276 g/mol. The zero-order chi connectivity index (χ0) is 12.8. The van der Waals surface area contributed by atoms with Crippen LogP contribution in [0.25, 0.3) is 0 Å². The summed E-state index contributed by atoms with van der Waals surface area (Å²) in [5, 5.41) is 4.02. The van der Waals surface area contributed by atoms with E-state index in [1.165, 1.54) is 11.5 Å². The molecule has 0 bridgehead atoms. The molecule has 0 radical (unpaired) electrons. The van der Waals surface area contributed by atoms with E-state index in [0.717, 1.165) is 18.5 Å². The zero-order valence-electron chi connectivity index (χ0n) is 10.4. The third-order valence-electron chi connectivity index (χ3n) is 2.45. The van der Waals surface area contributed by atoms with Crippen LogP contribution in [0.4, 0.5) is 0 Å². The highest BCUT2D eigenvalue weighted by Gasteiger charge is 2.23. The average Bonchev–Trinajstić information content (AvgIpc) is 2.73. The van der Waals surface area contributed by atoms with Crippen molar-refractivity contribution in [1.82, 2.24) is 14.5 Å². The van der Waals surface area contributed by atoms with E-state index < -0.39 is 0 Å². The molecule has 0 aliphatic carbocycles. The second-order valence-corrected chi connectivity index (χ2v) is 5.21. The van der Waals surface area contributed by atoms with Crippen molar-refractivity contribution < 1.29 is 4.79 Å². The molecule has 6 heteroatoms. The van der Waals surface area contributed by atoms with Gasteiger partial charge >= 0.3 is 0 Å². The monoisotopic (exact) mass is 275 g/mol. The minimum absolute atomic E-state index is 0.000833. The summed E-state index contributed by atoms with van der Waals surface area (Å²) in [6.45, 7) is 6.59. The van der Waals surface area contributed by atoms with E-state index in [0.29, 0.717) is 17.3 Å². The predicted octanol–water partition coefficient (Wildman–Crippen LogP) is 2.58. The Kier molecular flexibility index (Phi) is 5.85. The Morgan fingerprint density at radius 2 is 2.24 bits per heavy atom. The number of aryl methyl sites for hydroxylation is 1. The van der Waals surface area contributed by atoms with E-state index >= 15 is 0 Å². The molecule has 17 heavy (non-hydrogen) atoms. The number of carbonyl (C=O) groups excluding carboxylic acids is 1. The van der Waals surface area contributed by atoms with Crippen molar-refractivity contribution >= 4 is 29.0 Å². The molecule has 1 heterocycles. The number of hydrogen-bond acceptors (Lipinski definition) is 4. The number of halogens is 1. The van der Waals surface area contributed by atoms with E-state index in [-0.39, 0.29) is 11.9 Å². The third kappa shape index (κ3) is 3.64. The van der Waals surface area contributed by atoms with Gasteiger partial charge in [-0.1, -0.05) is 17.8 Å². The molecule has 0 aromatic carbocycles. The number of rotatable bonds is 6. The fraction of sp³-hybridized carbons (Fsp3) is 0.727. The van der Waals surface area contributed by atoms with Gasteiger partial charge in [0, 0.05) is 18.5 Å². The Balaban J connectivity index is 2.88. The van der Waals surface area contributed by atoms with Crippen LogP contribution in [-0.2, 0) is 6.42 Å². The van der Waals surface area contributed by atoms with Crippen molar-refractivity contribution in [2.45, 2.75) is 39.7 Å². The molecule has 4 nitrogen and oxygen atoms in total. The number of nitrogens with zero attached hydrogens (tertiary/aromatic N) is 3. The highest BCUT2D eigenvalue weighted by atomic mass is 35.5. The molecule has 0 aliphatic heterocycles. The van der Waals surface area contributed by atoms with Crippen molar-refractivity contribution in [1.29, 1.82) is 0 Å². The number of carbonyl (C=O) groups is 1. The second kappa shape index (κ2) is 6.91. The molecule has 1 aromatic rings. The molecule has 1 rings (SSSR count). The first kappa shape index (κ1) is 14.4. The summed E-state index contributed by atoms with van der Waals surface area (Å²) in [7, 11) is 0. The maximum absolute atomic E-state index is 12.3. The van der Waals surface area contributed by atoms with Crippen molar-refractivity contribution in [2.24, 2.45) is 0 Å². The second-order valence-electron chi connectivity index (χ2n) is 4.08. The lowest BCUT2D eigenvalue weighted by Crippen LogP contribution is -2.38. The Bertz CT molecular complexity index is 367. The van der Waals surface area contributed by atoms with E-state index in [9.17, 15) is 4.79 Å². The van der Waals surface area contributed by atoms with Gasteiger partial charge in [0.1, 0.15) is 4.88 Å². The van der Waals surface area contributed by atoms with Crippen LogP contribution in [-0.4, -0.2) is 38.9 Å². The molecule has 0 N–H and O–H groups in total. The van der Waals surface area contributed by atoms with Gasteiger partial charge in [0.2, 0.25) is 0 Å². The fourth-order valence-corrected chi connectivity index (χ4v) is 2.43. The third-order valence-corrected chi connectivity index (χ3v) is 3.37. The summed E-state index contributed by atoms with van der Waals surface area (Å²) >= 11 is 6.90. The highest BCUT2D eigenvalue weighted by Crippen LogP contribution is 2.17. The molecule has 96 valence electrons. The van der Waals surface area contributed by atoms with Crippen LogP contribution in [0, 0.1) is 0 Å². The molecule has 0 spiro atoms. The van der Waals surface area contributed by atoms with Gasteiger partial charge in [0.05, 0.1) is 5.69 Å². The van der Waals surface area contributed by atoms with Crippen LogP contribution in [0.2, 0.25) is 0 Å². The van der Waals surface area contributed by atoms with Crippen molar-refractivity contribution in [3.8, 4) is 0 Å². The molecule has 0 unspecified atom stereocenters. The van der Waals surface area contributed by atoms with Gasteiger partial charge in [-0.05, 0) is 31.8 Å². The zero-order valence-corrected chi connectivity index (χ0v) is 12.0.